The molecule has 0 aliphatic carbocycles. The van der Waals surface area contributed by atoms with E-state index in [-0.39, 0.29) is 11.4 Å². The van der Waals surface area contributed by atoms with Crippen molar-refractivity contribution in [3.8, 4) is 5.75 Å². The summed E-state index contributed by atoms with van der Waals surface area (Å²) in [6.07, 6.45) is 6.07. The second kappa shape index (κ2) is 10.6. The minimum absolute atomic E-state index is 0.0684. The van der Waals surface area contributed by atoms with E-state index in [1.165, 1.54) is 31.2 Å². The molecule has 0 heterocycles. The van der Waals surface area contributed by atoms with Gasteiger partial charge in [0.1, 0.15) is 11.4 Å². The summed E-state index contributed by atoms with van der Waals surface area (Å²) in [6, 6.07) is 10.6. The molecule has 0 fully saturated rings. The van der Waals surface area contributed by atoms with E-state index in [4.69, 9.17) is 4.74 Å². The van der Waals surface area contributed by atoms with Crippen LogP contribution in [0.4, 0.5) is 17.1 Å². The van der Waals surface area contributed by atoms with Crippen LogP contribution in [-0.2, 0) is 0 Å². The Balaban J connectivity index is 1.94. The Labute approximate surface area is 162 Å². The quantitative estimate of drug-likeness (QED) is 0.254. The van der Waals surface area contributed by atoms with Crippen molar-refractivity contribution >= 4 is 23.3 Å². The van der Waals surface area contributed by atoms with Crippen molar-refractivity contribution in [1.29, 1.82) is 0 Å². The van der Waals surface area contributed by atoms with Crippen LogP contribution in [0.15, 0.2) is 47.6 Å². The van der Waals surface area contributed by atoms with Gasteiger partial charge in [0.2, 0.25) is 0 Å². The number of unbranched alkanes of at least 4 members (excludes halogenated alkanes) is 3. The zero-order valence-corrected chi connectivity index (χ0v) is 15.5. The number of nitro benzene ring substituents is 2. The van der Waals surface area contributed by atoms with Crippen LogP contribution < -0.4 is 10.2 Å². The van der Waals surface area contributed by atoms with Crippen LogP contribution in [0.3, 0.4) is 0 Å². The highest BCUT2D eigenvalue weighted by atomic mass is 16.6. The summed E-state index contributed by atoms with van der Waals surface area (Å²) in [5.41, 5.74) is 2.62. The van der Waals surface area contributed by atoms with Crippen LogP contribution in [0.5, 0.6) is 5.75 Å². The van der Waals surface area contributed by atoms with Gasteiger partial charge in [-0.1, -0.05) is 26.2 Å². The molecule has 148 valence electrons. The summed E-state index contributed by atoms with van der Waals surface area (Å²) in [4.78, 5) is 20.5. The number of hydrogen-bond donors (Lipinski definition) is 1. The maximum Gasteiger partial charge on any atom is 0.301 e. The predicted molar refractivity (Wildman–Crippen MR) is 107 cm³/mol. The van der Waals surface area contributed by atoms with Gasteiger partial charge in [0.05, 0.1) is 28.7 Å². The van der Waals surface area contributed by atoms with Gasteiger partial charge in [-0.25, -0.2) is 0 Å². The highest BCUT2D eigenvalue weighted by molar-refractivity contribution is 5.80. The normalized spacial score (nSPS) is 10.8. The number of rotatable bonds is 11. The van der Waals surface area contributed by atoms with E-state index < -0.39 is 15.5 Å². The fraction of sp³-hybridized carbons (Fsp3) is 0.316. The van der Waals surface area contributed by atoms with E-state index >= 15 is 0 Å². The Kier molecular flexibility index (Phi) is 7.89. The number of nitrogens with one attached hydrogen (secondary N) is 1. The molecule has 0 aromatic heterocycles. The third-order valence-electron chi connectivity index (χ3n) is 3.93. The van der Waals surface area contributed by atoms with E-state index in [2.05, 4.69) is 17.5 Å². The molecule has 0 bridgehead atoms. The van der Waals surface area contributed by atoms with Crippen molar-refractivity contribution in [2.24, 2.45) is 5.10 Å². The van der Waals surface area contributed by atoms with Gasteiger partial charge < -0.3 is 4.74 Å². The molecule has 2 aromatic rings. The SMILES string of the molecule is CCCCCCOc1ccc(/C=N\Nc2ccc([N+](=O)[O-])cc2[N+](=O)[O-])cc1. The van der Waals surface area contributed by atoms with Crippen molar-refractivity contribution < 1.29 is 14.6 Å². The molecule has 0 spiro atoms. The number of hydrazone groups is 1. The lowest BCUT2D eigenvalue weighted by Gasteiger charge is -2.06. The van der Waals surface area contributed by atoms with E-state index in [1.54, 1.807) is 0 Å². The molecular formula is C19H22N4O5. The molecule has 0 saturated heterocycles. The van der Waals surface area contributed by atoms with E-state index in [0.717, 1.165) is 30.2 Å². The smallest absolute Gasteiger partial charge is 0.301 e. The van der Waals surface area contributed by atoms with Crippen molar-refractivity contribution in [2.45, 2.75) is 32.6 Å². The zero-order valence-electron chi connectivity index (χ0n) is 15.5. The number of benzene rings is 2. The Bertz CT molecular complexity index is 837. The van der Waals surface area contributed by atoms with Gasteiger partial charge >= 0.3 is 5.69 Å². The van der Waals surface area contributed by atoms with Gasteiger partial charge in [-0.3, -0.25) is 25.7 Å². The Hall–Kier alpha value is -3.49. The standard InChI is InChI=1S/C19H22N4O5/c1-2-3-4-5-12-28-17-9-6-15(7-10-17)14-20-21-18-11-8-16(22(24)25)13-19(18)23(26)27/h6-11,13-14,21H,2-5,12H2,1H3/b20-14-. The van der Waals surface area contributed by atoms with Crippen LogP contribution >= 0.6 is 0 Å². The number of anilines is 1. The molecule has 0 radical (unpaired) electrons. The van der Waals surface area contributed by atoms with Crippen LogP contribution in [0.1, 0.15) is 38.2 Å². The molecule has 0 atom stereocenters. The third-order valence-corrected chi connectivity index (χ3v) is 3.93. The molecule has 28 heavy (non-hydrogen) atoms. The van der Waals surface area contributed by atoms with Gasteiger partial charge in [-0.05, 0) is 42.3 Å². The maximum absolute atomic E-state index is 11.1. The molecule has 0 aliphatic rings. The molecule has 9 heteroatoms. The van der Waals surface area contributed by atoms with Crippen LogP contribution in [0.2, 0.25) is 0 Å². The maximum atomic E-state index is 11.1. The number of ether oxygens (including phenoxy) is 1. The number of non-ortho nitro benzene ring substituents is 1. The molecule has 0 amide bonds. The molecule has 0 unspecified atom stereocenters. The van der Waals surface area contributed by atoms with E-state index in [0.29, 0.717) is 6.61 Å². The van der Waals surface area contributed by atoms with Gasteiger partial charge in [-0.2, -0.15) is 5.10 Å². The lowest BCUT2D eigenvalue weighted by atomic mass is 10.2. The molecule has 2 aromatic carbocycles. The summed E-state index contributed by atoms with van der Waals surface area (Å²) in [7, 11) is 0. The van der Waals surface area contributed by atoms with Gasteiger partial charge in [0.25, 0.3) is 5.69 Å². The minimum Gasteiger partial charge on any atom is -0.494 e. The summed E-state index contributed by atoms with van der Waals surface area (Å²) >= 11 is 0. The second-order valence-corrected chi connectivity index (χ2v) is 6.06. The fourth-order valence-electron chi connectivity index (χ4n) is 2.42. The number of nitrogens with zero attached hydrogens (tertiary/aromatic N) is 3. The van der Waals surface area contributed by atoms with E-state index in [9.17, 15) is 20.2 Å². The lowest BCUT2D eigenvalue weighted by Crippen LogP contribution is -1.99. The molecule has 1 N–H and O–H groups in total. The molecule has 2 rings (SSSR count). The molecule has 0 aliphatic heterocycles. The van der Waals surface area contributed by atoms with E-state index in [1.807, 2.05) is 24.3 Å². The highest BCUT2D eigenvalue weighted by Gasteiger charge is 2.19. The van der Waals surface area contributed by atoms with Gasteiger partial charge in [-0.15, -0.1) is 0 Å². The van der Waals surface area contributed by atoms with Crippen molar-refractivity contribution in [1.82, 2.24) is 0 Å². The number of hydrogen-bond acceptors (Lipinski definition) is 7. The highest BCUT2D eigenvalue weighted by Crippen LogP contribution is 2.28. The first-order valence-corrected chi connectivity index (χ1v) is 8.96. The average molecular weight is 386 g/mol. The topological polar surface area (TPSA) is 120 Å². The molecule has 9 nitrogen and oxygen atoms in total. The first kappa shape index (κ1) is 20.8. The first-order valence-electron chi connectivity index (χ1n) is 8.96. The Morgan fingerprint density at radius 2 is 1.79 bits per heavy atom. The Morgan fingerprint density at radius 3 is 2.43 bits per heavy atom. The largest absolute Gasteiger partial charge is 0.494 e. The predicted octanol–water partition coefficient (Wildman–Crippen LogP) is 4.91. The summed E-state index contributed by atoms with van der Waals surface area (Å²) < 4.78 is 5.66. The monoisotopic (exact) mass is 386 g/mol. The third kappa shape index (κ3) is 6.35. The number of nitro groups is 2. The minimum atomic E-state index is -0.697. The van der Waals surface area contributed by atoms with Crippen molar-refractivity contribution in [3.05, 3.63) is 68.3 Å². The van der Waals surface area contributed by atoms with Crippen LogP contribution in [0, 0.1) is 20.2 Å². The van der Waals surface area contributed by atoms with Crippen molar-refractivity contribution in [3.63, 3.8) is 0 Å². The zero-order chi connectivity index (χ0) is 20.4. The molecular weight excluding hydrogens is 364 g/mol. The van der Waals surface area contributed by atoms with Crippen molar-refractivity contribution in [2.75, 3.05) is 12.0 Å². The lowest BCUT2D eigenvalue weighted by molar-refractivity contribution is -0.393. The average Bonchev–Trinajstić information content (AvgIpc) is 2.69. The van der Waals surface area contributed by atoms with Crippen LogP contribution in [-0.4, -0.2) is 22.7 Å². The summed E-state index contributed by atoms with van der Waals surface area (Å²) in [5.74, 6) is 0.771. The first-order chi connectivity index (χ1) is 13.5. The summed E-state index contributed by atoms with van der Waals surface area (Å²) in [6.45, 7) is 2.84. The van der Waals surface area contributed by atoms with Gasteiger partial charge in [0, 0.05) is 6.07 Å². The molecule has 0 saturated carbocycles. The summed E-state index contributed by atoms with van der Waals surface area (Å²) in [5, 5.41) is 25.8. The second-order valence-electron chi connectivity index (χ2n) is 6.06. The van der Waals surface area contributed by atoms with Crippen LogP contribution in [0.25, 0.3) is 0 Å². The Morgan fingerprint density at radius 1 is 1.04 bits per heavy atom. The fourth-order valence-corrected chi connectivity index (χ4v) is 2.42. The van der Waals surface area contributed by atoms with Gasteiger partial charge in [0.15, 0.2) is 0 Å².